The molecule has 0 fully saturated rings. The van der Waals surface area contributed by atoms with Crippen molar-refractivity contribution >= 4 is 34.0 Å². The summed E-state index contributed by atoms with van der Waals surface area (Å²) in [4.78, 5) is 17.1. The summed E-state index contributed by atoms with van der Waals surface area (Å²) in [7, 11) is 0. The van der Waals surface area contributed by atoms with Crippen LogP contribution in [0, 0.1) is 13.8 Å². The molecule has 2 aromatic heterocycles. The average Bonchev–Trinajstić information content (AvgIpc) is 2.94. The highest BCUT2D eigenvalue weighted by Gasteiger charge is 2.16. The summed E-state index contributed by atoms with van der Waals surface area (Å²) in [5, 5.41) is 11.6. The van der Waals surface area contributed by atoms with E-state index in [-0.39, 0.29) is 5.91 Å². The molecule has 0 saturated heterocycles. The molecule has 0 aliphatic carbocycles. The predicted octanol–water partition coefficient (Wildman–Crippen LogP) is 2.89. The third-order valence-electron chi connectivity index (χ3n) is 2.81. The molecule has 2 heterocycles. The largest absolute Gasteiger partial charge is 0.304 e. The summed E-state index contributed by atoms with van der Waals surface area (Å²) in [5.74, 6) is 0.381. The molecule has 1 aromatic carbocycles. The molecule has 0 spiro atoms. The van der Waals surface area contributed by atoms with Gasteiger partial charge in [-0.05, 0) is 26.0 Å². The number of anilines is 1. The Morgan fingerprint density at radius 1 is 1.32 bits per heavy atom. The number of para-hydroxylation sites is 1. The third kappa shape index (κ3) is 2.10. The van der Waals surface area contributed by atoms with E-state index in [1.165, 1.54) is 11.3 Å². The molecule has 5 nitrogen and oxygen atoms in total. The Morgan fingerprint density at radius 3 is 2.84 bits per heavy atom. The SMILES string of the molecule is Cc1nc(C)c(C(=O)Nc2n[nH]c3ccccc23)s1. The molecule has 0 unspecified atom stereocenters. The highest BCUT2D eigenvalue weighted by atomic mass is 32.1. The summed E-state index contributed by atoms with van der Waals surface area (Å²) < 4.78 is 0. The molecule has 0 aliphatic heterocycles. The number of aromatic amines is 1. The van der Waals surface area contributed by atoms with E-state index < -0.39 is 0 Å². The number of carbonyl (C=O) groups is 1. The molecular weight excluding hydrogens is 260 g/mol. The van der Waals surface area contributed by atoms with Crippen molar-refractivity contribution in [1.82, 2.24) is 15.2 Å². The van der Waals surface area contributed by atoms with Crippen LogP contribution in [0.3, 0.4) is 0 Å². The topological polar surface area (TPSA) is 70.7 Å². The molecule has 0 saturated carbocycles. The van der Waals surface area contributed by atoms with E-state index in [1.807, 2.05) is 38.1 Å². The van der Waals surface area contributed by atoms with Gasteiger partial charge in [-0.25, -0.2) is 4.98 Å². The van der Waals surface area contributed by atoms with E-state index in [4.69, 9.17) is 0 Å². The van der Waals surface area contributed by atoms with Crippen LogP contribution in [-0.2, 0) is 0 Å². The van der Waals surface area contributed by atoms with Crippen LogP contribution in [0.4, 0.5) is 5.82 Å². The van der Waals surface area contributed by atoms with Gasteiger partial charge >= 0.3 is 0 Å². The van der Waals surface area contributed by atoms with Gasteiger partial charge in [-0.15, -0.1) is 11.3 Å². The summed E-state index contributed by atoms with van der Waals surface area (Å²) in [6, 6.07) is 7.66. The van der Waals surface area contributed by atoms with E-state index in [0.717, 1.165) is 21.6 Å². The average molecular weight is 272 g/mol. The van der Waals surface area contributed by atoms with Gasteiger partial charge in [-0.3, -0.25) is 9.89 Å². The second-order valence-electron chi connectivity index (χ2n) is 4.22. The number of thiazole rings is 1. The van der Waals surface area contributed by atoms with Crippen molar-refractivity contribution in [3.63, 3.8) is 0 Å². The van der Waals surface area contributed by atoms with Crippen LogP contribution < -0.4 is 5.32 Å². The monoisotopic (exact) mass is 272 g/mol. The maximum Gasteiger partial charge on any atom is 0.268 e. The lowest BCUT2D eigenvalue weighted by Crippen LogP contribution is -2.12. The second kappa shape index (κ2) is 4.47. The molecule has 3 rings (SSSR count). The Labute approximate surface area is 113 Å². The highest BCUT2D eigenvalue weighted by Crippen LogP contribution is 2.22. The molecule has 96 valence electrons. The number of aromatic nitrogens is 3. The highest BCUT2D eigenvalue weighted by molar-refractivity contribution is 7.13. The lowest BCUT2D eigenvalue weighted by molar-refractivity contribution is 0.102. The first-order valence-electron chi connectivity index (χ1n) is 5.83. The van der Waals surface area contributed by atoms with Crippen molar-refractivity contribution in [2.45, 2.75) is 13.8 Å². The van der Waals surface area contributed by atoms with Crippen molar-refractivity contribution in [3.8, 4) is 0 Å². The van der Waals surface area contributed by atoms with Crippen LogP contribution in [0.1, 0.15) is 20.4 Å². The van der Waals surface area contributed by atoms with Crippen LogP contribution >= 0.6 is 11.3 Å². The van der Waals surface area contributed by atoms with Gasteiger partial charge in [0.15, 0.2) is 5.82 Å². The second-order valence-corrected chi connectivity index (χ2v) is 5.42. The van der Waals surface area contributed by atoms with Crippen molar-refractivity contribution in [2.24, 2.45) is 0 Å². The van der Waals surface area contributed by atoms with Gasteiger partial charge in [0, 0.05) is 5.39 Å². The summed E-state index contributed by atoms with van der Waals surface area (Å²) in [6.45, 7) is 3.72. The lowest BCUT2D eigenvalue weighted by Gasteiger charge is -2.00. The Morgan fingerprint density at radius 2 is 2.11 bits per heavy atom. The van der Waals surface area contributed by atoms with Gasteiger partial charge in [-0.1, -0.05) is 12.1 Å². The first-order valence-corrected chi connectivity index (χ1v) is 6.65. The number of aryl methyl sites for hydroxylation is 2. The fourth-order valence-electron chi connectivity index (χ4n) is 1.97. The fourth-order valence-corrected chi connectivity index (χ4v) is 2.78. The molecule has 3 aromatic rings. The number of carbonyl (C=O) groups excluding carboxylic acids is 1. The number of amides is 1. The van der Waals surface area contributed by atoms with Crippen molar-refractivity contribution < 1.29 is 4.79 Å². The number of nitrogens with one attached hydrogen (secondary N) is 2. The number of rotatable bonds is 2. The molecule has 2 N–H and O–H groups in total. The number of H-pyrrole nitrogens is 1. The van der Waals surface area contributed by atoms with E-state index in [1.54, 1.807) is 0 Å². The minimum absolute atomic E-state index is 0.166. The zero-order chi connectivity index (χ0) is 13.4. The zero-order valence-corrected chi connectivity index (χ0v) is 11.3. The van der Waals surface area contributed by atoms with Crippen LogP contribution in [0.5, 0.6) is 0 Å². The van der Waals surface area contributed by atoms with Crippen LogP contribution in [-0.4, -0.2) is 21.1 Å². The number of hydrogen-bond acceptors (Lipinski definition) is 4. The van der Waals surface area contributed by atoms with Gasteiger partial charge in [0.05, 0.1) is 16.2 Å². The van der Waals surface area contributed by atoms with E-state index >= 15 is 0 Å². The minimum atomic E-state index is -0.166. The van der Waals surface area contributed by atoms with Gasteiger partial charge in [-0.2, -0.15) is 5.10 Å². The Hall–Kier alpha value is -2.21. The summed E-state index contributed by atoms with van der Waals surface area (Å²) in [6.07, 6.45) is 0. The Bertz CT molecular complexity index is 759. The van der Waals surface area contributed by atoms with E-state index in [0.29, 0.717) is 10.7 Å². The zero-order valence-electron chi connectivity index (χ0n) is 10.5. The first-order chi connectivity index (χ1) is 9.15. The maximum absolute atomic E-state index is 12.2. The molecule has 0 atom stereocenters. The molecule has 0 bridgehead atoms. The lowest BCUT2D eigenvalue weighted by atomic mass is 10.2. The van der Waals surface area contributed by atoms with Crippen LogP contribution in [0.15, 0.2) is 24.3 Å². The fraction of sp³-hybridized carbons (Fsp3) is 0.154. The minimum Gasteiger partial charge on any atom is -0.304 e. The third-order valence-corrected chi connectivity index (χ3v) is 3.88. The van der Waals surface area contributed by atoms with Gasteiger partial charge < -0.3 is 5.32 Å². The van der Waals surface area contributed by atoms with Gasteiger partial charge in [0.25, 0.3) is 5.91 Å². The molecule has 19 heavy (non-hydrogen) atoms. The molecule has 0 aliphatic rings. The van der Waals surface area contributed by atoms with E-state index in [2.05, 4.69) is 20.5 Å². The normalized spacial score (nSPS) is 10.8. The van der Waals surface area contributed by atoms with Crippen molar-refractivity contribution in [2.75, 3.05) is 5.32 Å². The summed E-state index contributed by atoms with van der Waals surface area (Å²) in [5.41, 5.74) is 1.65. The molecule has 0 radical (unpaired) electrons. The van der Waals surface area contributed by atoms with Gasteiger partial charge in [0.1, 0.15) is 4.88 Å². The van der Waals surface area contributed by atoms with Gasteiger partial charge in [0.2, 0.25) is 0 Å². The number of fused-ring (bicyclic) bond motifs is 1. The number of hydrogen-bond donors (Lipinski definition) is 2. The van der Waals surface area contributed by atoms with Crippen molar-refractivity contribution in [1.29, 1.82) is 0 Å². The number of nitrogens with zero attached hydrogens (tertiary/aromatic N) is 2. The maximum atomic E-state index is 12.2. The summed E-state index contributed by atoms with van der Waals surface area (Å²) >= 11 is 1.39. The quantitative estimate of drug-likeness (QED) is 0.753. The predicted molar refractivity (Wildman–Crippen MR) is 75.6 cm³/mol. The smallest absolute Gasteiger partial charge is 0.268 e. The first kappa shape index (κ1) is 11.9. The molecule has 1 amide bonds. The van der Waals surface area contributed by atoms with E-state index in [9.17, 15) is 4.79 Å². The standard InChI is InChI=1S/C13H12N4OS/c1-7-11(19-8(2)14-7)13(18)15-12-9-5-3-4-6-10(9)16-17-12/h3-6H,1-2H3,(H2,15,16,17,18). The van der Waals surface area contributed by atoms with Crippen molar-refractivity contribution in [3.05, 3.63) is 39.8 Å². The Balaban J connectivity index is 1.93. The molecular formula is C13H12N4OS. The van der Waals surface area contributed by atoms with Crippen LogP contribution in [0.2, 0.25) is 0 Å². The van der Waals surface area contributed by atoms with Crippen LogP contribution in [0.25, 0.3) is 10.9 Å². The number of benzene rings is 1. The molecule has 6 heteroatoms. The Kier molecular flexibility index (Phi) is 2.79.